The molecule has 7 heteroatoms. The number of benzene rings is 2. The lowest BCUT2D eigenvalue weighted by atomic mass is 9.44. The lowest BCUT2D eigenvalue weighted by Gasteiger charge is -2.71. The highest BCUT2D eigenvalue weighted by molar-refractivity contribution is 6.31. The van der Waals surface area contributed by atoms with Gasteiger partial charge in [-0.15, -0.1) is 0 Å². The van der Waals surface area contributed by atoms with Gasteiger partial charge in [-0.2, -0.15) is 0 Å². The van der Waals surface area contributed by atoms with E-state index in [1.54, 1.807) is 18.2 Å². The number of amides is 1. The number of carbonyl (C=O) groups is 1. The van der Waals surface area contributed by atoms with Crippen molar-refractivity contribution < 1.29 is 14.6 Å². The number of nitrogens with zero attached hydrogens (tertiary/aromatic N) is 1. The number of carbonyl (C=O) groups excluding carboxylic acids is 1. The van der Waals surface area contributed by atoms with E-state index >= 15 is 0 Å². The maximum absolute atomic E-state index is 12.9. The van der Waals surface area contributed by atoms with E-state index in [4.69, 9.17) is 27.9 Å². The van der Waals surface area contributed by atoms with Crippen LogP contribution in [0, 0.1) is 0 Å². The fourth-order valence-corrected chi connectivity index (χ4v) is 5.87. The third-order valence-corrected chi connectivity index (χ3v) is 7.63. The highest BCUT2D eigenvalue weighted by Gasteiger charge is 2.69. The second kappa shape index (κ2) is 7.01. The van der Waals surface area contributed by atoms with E-state index in [1.807, 2.05) is 24.3 Å². The van der Waals surface area contributed by atoms with Gasteiger partial charge < -0.3 is 19.7 Å². The van der Waals surface area contributed by atoms with Crippen LogP contribution in [-0.4, -0.2) is 27.2 Å². The highest BCUT2D eigenvalue weighted by atomic mass is 35.5. The number of fused-ring (bicyclic) bond motifs is 1. The molecule has 3 fully saturated rings. The van der Waals surface area contributed by atoms with E-state index in [-0.39, 0.29) is 23.4 Å². The second-order valence-electron chi connectivity index (χ2n) is 9.38. The van der Waals surface area contributed by atoms with Crippen LogP contribution in [0.1, 0.15) is 37.4 Å². The summed E-state index contributed by atoms with van der Waals surface area (Å²) < 4.78 is 8.16. The van der Waals surface area contributed by atoms with Gasteiger partial charge in [-0.25, -0.2) is 0 Å². The molecule has 2 N–H and O–H groups in total. The Bertz CT molecular complexity index is 1200. The van der Waals surface area contributed by atoms with Crippen LogP contribution in [0.4, 0.5) is 0 Å². The quantitative estimate of drug-likeness (QED) is 0.559. The predicted octanol–water partition coefficient (Wildman–Crippen LogP) is 5.09. The van der Waals surface area contributed by atoms with E-state index < -0.39 is 12.2 Å². The van der Waals surface area contributed by atoms with Gasteiger partial charge in [0, 0.05) is 40.0 Å². The van der Waals surface area contributed by atoms with Crippen LogP contribution < -0.4 is 10.1 Å². The van der Waals surface area contributed by atoms with E-state index in [2.05, 4.69) is 28.3 Å². The van der Waals surface area contributed by atoms with Gasteiger partial charge in [-0.05, 0) is 66.8 Å². The number of halogens is 2. The van der Waals surface area contributed by atoms with Crippen molar-refractivity contribution in [1.82, 2.24) is 9.88 Å². The van der Waals surface area contributed by atoms with Crippen LogP contribution in [-0.2, 0) is 10.3 Å². The summed E-state index contributed by atoms with van der Waals surface area (Å²) in [5, 5.41) is 14.9. The fourth-order valence-electron chi connectivity index (χ4n) is 5.57. The minimum absolute atomic E-state index is 0.0776. The smallest absolute Gasteiger partial charge is 0.261 e. The first-order valence-corrected chi connectivity index (χ1v) is 11.5. The number of aliphatic hydroxyl groups is 1. The molecule has 7 rings (SSSR count). The number of hydrogen-bond donors (Lipinski definition) is 2. The van der Waals surface area contributed by atoms with Gasteiger partial charge in [-0.1, -0.05) is 35.3 Å². The average molecular weight is 469 g/mol. The molecule has 1 amide bonds. The maximum Gasteiger partial charge on any atom is 0.261 e. The van der Waals surface area contributed by atoms with Crippen molar-refractivity contribution >= 4 is 29.1 Å². The largest absolute Gasteiger partial charge is 0.480 e. The Kier molecular flexibility index (Phi) is 4.42. The third-order valence-electron chi connectivity index (χ3n) is 7.14. The number of ether oxygens (including phenoxy) is 1. The molecule has 0 unspecified atom stereocenters. The van der Waals surface area contributed by atoms with Gasteiger partial charge in [0.2, 0.25) is 0 Å². The molecule has 32 heavy (non-hydrogen) atoms. The molecule has 0 spiro atoms. The first-order chi connectivity index (χ1) is 15.3. The topological polar surface area (TPSA) is 63.5 Å². The second-order valence-corrected chi connectivity index (χ2v) is 10.3. The molecule has 0 radical (unpaired) electrons. The first-order valence-electron chi connectivity index (χ1n) is 10.8. The van der Waals surface area contributed by atoms with Gasteiger partial charge in [0.15, 0.2) is 6.10 Å². The van der Waals surface area contributed by atoms with Crippen molar-refractivity contribution in [2.75, 3.05) is 0 Å². The Labute approximate surface area is 195 Å². The summed E-state index contributed by atoms with van der Waals surface area (Å²) in [6, 6.07) is 15.1. The minimum Gasteiger partial charge on any atom is -0.480 e. The predicted molar refractivity (Wildman–Crippen MR) is 123 cm³/mol. The summed E-state index contributed by atoms with van der Waals surface area (Å²) in [5.41, 5.74) is 2.84. The molecule has 0 saturated heterocycles. The average Bonchev–Trinajstić information content (AvgIpc) is 3.20. The number of aliphatic hydroxyl groups excluding tert-OH is 1. The minimum atomic E-state index is -0.765. The molecule has 3 aromatic rings. The van der Waals surface area contributed by atoms with Crippen LogP contribution in [0.2, 0.25) is 10.0 Å². The molecule has 2 bridgehead atoms. The summed E-state index contributed by atoms with van der Waals surface area (Å²) >= 11 is 12.0. The molecule has 2 aromatic carbocycles. The lowest BCUT2D eigenvalue weighted by molar-refractivity contribution is -0.161. The summed E-state index contributed by atoms with van der Waals surface area (Å²) in [5.74, 6) is 0.358. The molecule has 1 aromatic heterocycles. The van der Waals surface area contributed by atoms with Crippen molar-refractivity contribution in [2.45, 2.75) is 49.0 Å². The lowest BCUT2D eigenvalue weighted by Crippen LogP contribution is -2.79. The first kappa shape index (κ1) is 20.2. The molecule has 2 atom stereocenters. The molecule has 5 nitrogen and oxygen atoms in total. The Morgan fingerprint density at radius 1 is 1.03 bits per heavy atom. The molecular weight excluding hydrogens is 447 g/mol. The number of aromatic nitrogens is 1. The summed E-state index contributed by atoms with van der Waals surface area (Å²) in [6.07, 6.45) is 5.77. The Morgan fingerprint density at radius 2 is 1.75 bits per heavy atom. The molecule has 2 heterocycles. The van der Waals surface area contributed by atoms with E-state index in [1.165, 1.54) is 0 Å². The number of rotatable bonds is 4. The van der Waals surface area contributed by atoms with Crippen LogP contribution in [0.3, 0.4) is 0 Å². The Balaban J connectivity index is 1.10. The molecule has 1 aliphatic heterocycles. The van der Waals surface area contributed by atoms with Crippen molar-refractivity contribution in [2.24, 2.45) is 0 Å². The fraction of sp³-hybridized carbons (Fsp3) is 0.320. The zero-order valence-electron chi connectivity index (χ0n) is 17.2. The summed E-state index contributed by atoms with van der Waals surface area (Å²) in [4.78, 5) is 12.9. The van der Waals surface area contributed by atoms with Crippen LogP contribution in [0.5, 0.6) is 5.75 Å². The number of nitrogens with one attached hydrogen (secondary N) is 1. The van der Waals surface area contributed by atoms with Crippen molar-refractivity contribution in [3.8, 4) is 16.9 Å². The normalized spacial score (nSPS) is 29.8. The van der Waals surface area contributed by atoms with E-state index in [9.17, 15) is 9.90 Å². The molecule has 3 saturated carbocycles. The zero-order chi connectivity index (χ0) is 22.1. The van der Waals surface area contributed by atoms with Crippen LogP contribution in [0.25, 0.3) is 11.1 Å². The maximum atomic E-state index is 12.9. The zero-order valence-corrected chi connectivity index (χ0v) is 18.7. The standard InChI is InChI=1S/C25H22Cl2N2O3/c26-17-3-1-15(2-4-17)16-7-8-29(11-16)25-12-24(13-25,14-25)28-23(31)22-10-20(30)19-9-18(27)5-6-21(19)32-22/h1-9,11,20,22,30H,10,12-14H2,(H,28,31)/t20-,22+,24?,25?/m1/s1. The van der Waals surface area contributed by atoms with E-state index in [0.717, 1.165) is 35.4 Å². The van der Waals surface area contributed by atoms with Gasteiger partial charge >= 0.3 is 0 Å². The summed E-state index contributed by atoms with van der Waals surface area (Å²) in [6.45, 7) is 0. The monoisotopic (exact) mass is 468 g/mol. The highest BCUT2D eigenvalue weighted by Crippen LogP contribution is 2.65. The Hall–Kier alpha value is -2.47. The molecular formula is C25H22Cl2N2O3. The number of hydrogen-bond acceptors (Lipinski definition) is 3. The summed E-state index contributed by atoms with van der Waals surface area (Å²) in [7, 11) is 0. The van der Waals surface area contributed by atoms with Crippen molar-refractivity contribution in [3.05, 3.63) is 76.5 Å². The van der Waals surface area contributed by atoms with Gasteiger partial charge in [0.1, 0.15) is 5.75 Å². The van der Waals surface area contributed by atoms with Gasteiger partial charge in [0.25, 0.3) is 5.91 Å². The van der Waals surface area contributed by atoms with Gasteiger partial charge in [0.05, 0.1) is 11.6 Å². The van der Waals surface area contributed by atoms with Crippen molar-refractivity contribution in [1.29, 1.82) is 0 Å². The SMILES string of the molecule is O=C(NC12CC(n3ccc(-c4ccc(Cl)cc4)c3)(C1)C2)[C@@H]1C[C@@H](O)c2cc(Cl)ccc2O1. The third kappa shape index (κ3) is 3.14. The van der Waals surface area contributed by atoms with Crippen LogP contribution >= 0.6 is 23.2 Å². The molecule has 4 aliphatic rings. The van der Waals surface area contributed by atoms with Crippen molar-refractivity contribution in [3.63, 3.8) is 0 Å². The van der Waals surface area contributed by atoms with Crippen LogP contribution in [0.15, 0.2) is 60.9 Å². The molecule has 3 aliphatic carbocycles. The Morgan fingerprint density at radius 3 is 2.50 bits per heavy atom. The van der Waals surface area contributed by atoms with E-state index in [0.29, 0.717) is 16.3 Å². The molecule has 164 valence electrons. The van der Waals surface area contributed by atoms with Gasteiger partial charge in [-0.3, -0.25) is 4.79 Å².